The maximum absolute atomic E-state index is 13.0. The van der Waals surface area contributed by atoms with Crippen molar-refractivity contribution in [1.82, 2.24) is 9.55 Å². The van der Waals surface area contributed by atoms with Gasteiger partial charge in [-0.25, -0.2) is 9.37 Å². The minimum atomic E-state index is -0.356. The summed E-state index contributed by atoms with van der Waals surface area (Å²) in [5, 5.41) is 0.358. The molecule has 0 saturated heterocycles. The molecule has 0 fully saturated rings. The summed E-state index contributed by atoms with van der Waals surface area (Å²) in [6.45, 7) is 2.89. The van der Waals surface area contributed by atoms with E-state index in [1.54, 1.807) is 12.3 Å². The Morgan fingerprint density at radius 1 is 1.50 bits per heavy atom. The van der Waals surface area contributed by atoms with Crippen molar-refractivity contribution in [2.45, 2.75) is 25.9 Å². The van der Waals surface area contributed by atoms with Crippen LogP contribution in [0.25, 0.3) is 0 Å². The fourth-order valence-electron chi connectivity index (χ4n) is 1.93. The molecule has 2 aromatic rings. The van der Waals surface area contributed by atoms with Gasteiger partial charge in [-0.3, -0.25) is 0 Å². The largest absolute Gasteiger partial charge is 0.335 e. The molecular formula is C13H15ClFN3. The fraction of sp³-hybridized carbons (Fsp3) is 0.308. The van der Waals surface area contributed by atoms with Gasteiger partial charge in [-0.2, -0.15) is 0 Å². The molecule has 0 amide bonds. The number of nitrogens with zero attached hydrogens (tertiary/aromatic N) is 2. The lowest BCUT2D eigenvalue weighted by Crippen LogP contribution is -2.16. The summed E-state index contributed by atoms with van der Waals surface area (Å²) in [5.41, 5.74) is 6.84. The third-order valence-corrected chi connectivity index (χ3v) is 3.23. The zero-order valence-corrected chi connectivity index (χ0v) is 10.9. The minimum Gasteiger partial charge on any atom is -0.335 e. The lowest BCUT2D eigenvalue weighted by atomic mass is 10.0. The zero-order chi connectivity index (χ0) is 13.1. The summed E-state index contributed by atoms with van der Waals surface area (Å²) in [6.07, 6.45) is 4.23. The second-order valence-corrected chi connectivity index (χ2v) is 4.51. The number of hydrogen-bond donors (Lipinski definition) is 1. The molecule has 0 aliphatic rings. The van der Waals surface area contributed by atoms with Crippen LogP contribution in [0.15, 0.2) is 30.6 Å². The van der Waals surface area contributed by atoms with Gasteiger partial charge in [0.05, 0.1) is 0 Å². The Labute approximate surface area is 110 Å². The van der Waals surface area contributed by atoms with Crippen LogP contribution in [0.1, 0.15) is 24.4 Å². The Kier molecular flexibility index (Phi) is 3.99. The highest BCUT2D eigenvalue weighted by Crippen LogP contribution is 2.24. The first-order valence-corrected chi connectivity index (χ1v) is 6.20. The molecule has 18 heavy (non-hydrogen) atoms. The van der Waals surface area contributed by atoms with Crippen LogP contribution >= 0.6 is 11.6 Å². The molecule has 5 heteroatoms. The van der Waals surface area contributed by atoms with Crippen molar-refractivity contribution >= 4 is 11.6 Å². The zero-order valence-electron chi connectivity index (χ0n) is 10.1. The molecule has 0 radical (unpaired) electrons. The van der Waals surface area contributed by atoms with E-state index in [1.807, 2.05) is 17.7 Å². The maximum atomic E-state index is 13.0. The number of benzene rings is 1. The van der Waals surface area contributed by atoms with Crippen molar-refractivity contribution in [3.63, 3.8) is 0 Å². The fourth-order valence-corrected chi connectivity index (χ4v) is 2.23. The Morgan fingerprint density at radius 3 is 2.94 bits per heavy atom. The topological polar surface area (TPSA) is 43.8 Å². The van der Waals surface area contributed by atoms with Gasteiger partial charge in [-0.05, 0) is 24.6 Å². The number of halogens is 2. The van der Waals surface area contributed by atoms with Gasteiger partial charge in [0.1, 0.15) is 11.6 Å². The van der Waals surface area contributed by atoms with E-state index in [4.69, 9.17) is 17.3 Å². The average Bonchev–Trinajstić information content (AvgIpc) is 2.76. The SMILES string of the molecule is CCn1ccnc1CC(N)c1ccc(F)cc1Cl. The Hall–Kier alpha value is -1.39. The van der Waals surface area contributed by atoms with E-state index < -0.39 is 0 Å². The van der Waals surface area contributed by atoms with Crippen molar-refractivity contribution in [2.24, 2.45) is 5.73 Å². The summed E-state index contributed by atoms with van der Waals surface area (Å²) in [7, 11) is 0. The summed E-state index contributed by atoms with van der Waals surface area (Å²) in [5.74, 6) is 0.552. The number of aryl methyl sites for hydroxylation is 1. The smallest absolute Gasteiger partial charge is 0.124 e. The second-order valence-electron chi connectivity index (χ2n) is 4.11. The van der Waals surface area contributed by atoms with Crippen LogP contribution in [0.5, 0.6) is 0 Å². The van der Waals surface area contributed by atoms with Crippen LogP contribution in [0.2, 0.25) is 5.02 Å². The molecule has 3 nitrogen and oxygen atoms in total. The third-order valence-electron chi connectivity index (χ3n) is 2.91. The van der Waals surface area contributed by atoms with Gasteiger partial charge < -0.3 is 10.3 Å². The Morgan fingerprint density at radius 2 is 2.28 bits per heavy atom. The van der Waals surface area contributed by atoms with Crippen LogP contribution < -0.4 is 5.73 Å². The summed E-state index contributed by atoms with van der Waals surface area (Å²) in [4.78, 5) is 4.27. The van der Waals surface area contributed by atoms with Crippen LogP contribution in [-0.4, -0.2) is 9.55 Å². The van der Waals surface area contributed by atoms with Gasteiger partial charge in [0.25, 0.3) is 0 Å². The molecule has 1 heterocycles. The van der Waals surface area contributed by atoms with Gasteiger partial charge in [0.2, 0.25) is 0 Å². The predicted octanol–water partition coefficient (Wildman–Crippen LogP) is 2.94. The number of hydrogen-bond acceptors (Lipinski definition) is 2. The molecule has 1 atom stereocenters. The van der Waals surface area contributed by atoms with Gasteiger partial charge in [0.15, 0.2) is 0 Å². The molecule has 0 aliphatic heterocycles. The maximum Gasteiger partial charge on any atom is 0.124 e. The van der Waals surface area contributed by atoms with E-state index in [0.717, 1.165) is 17.9 Å². The third kappa shape index (κ3) is 2.71. The molecule has 2 rings (SSSR count). The molecular weight excluding hydrogens is 253 g/mol. The average molecular weight is 268 g/mol. The van der Waals surface area contributed by atoms with E-state index in [0.29, 0.717) is 11.4 Å². The van der Waals surface area contributed by atoms with Crippen molar-refractivity contribution in [2.75, 3.05) is 0 Å². The van der Waals surface area contributed by atoms with E-state index in [1.165, 1.54) is 12.1 Å². The van der Waals surface area contributed by atoms with Gasteiger partial charge in [0, 0.05) is 36.4 Å². The minimum absolute atomic E-state index is 0.286. The quantitative estimate of drug-likeness (QED) is 0.926. The van der Waals surface area contributed by atoms with E-state index in [9.17, 15) is 4.39 Å². The van der Waals surface area contributed by atoms with Crippen molar-refractivity contribution in [3.8, 4) is 0 Å². The van der Waals surface area contributed by atoms with Crippen molar-refractivity contribution in [3.05, 3.63) is 52.8 Å². The van der Waals surface area contributed by atoms with E-state index >= 15 is 0 Å². The van der Waals surface area contributed by atoms with E-state index in [-0.39, 0.29) is 11.9 Å². The normalized spacial score (nSPS) is 12.7. The van der Waals surface area contributed by atoms with Gasteiger partial charge in [-0.15, -0.1) is 0 Å². The summed E-state index contributed by atoms with van der Waals surface area (Å²) in [6, 6.07) is 3.99. The summed E-state index contributed by atoms with van der Waals surface area (Å²) < 4.78 is 15.0. The monoisotopic (exact) mass is 267 g/mol. The Balaban J connectivity index is 2.19. The molecule has 1 aromatic heterocycles. The van der Waals surface area contributed by atoms with Crippen LogP contribution in [0, 0.1) is 5.82 Å². The predicted molar refractivity (Wildman–Crippen MR) is 69.9 cm³/mol. The van der Waals surface area contributed by atoms with Crippen LogP contribution in [0.4, 0.5) is 4.39 Å². The summed E-state index contributed by atoms with van der Waals surface area (Å²) >= 11 is 5.99. The van der Waals surface area contributed by atoms with Crippen molar-refractivity contribution in [1.29, 1.82) is 0 Å². The van der Waals surface area contributed by atoms with Crippen LogP contribution in [-0.2, 0) is 13.0 Å². The lowest BCUT2D eigenvalue weighted by molar-refractivity contribution is 0.615. The molecule has 0 spiro atoms. The molecule has 0 saturated carbocycles. The highest BCUT2D eigenvalue weighted by atomic mass is 35.5. The lowest BCUT2D eigenvalue weighted by Gasteiger charge is -2.14. The standard InChI is InChI=1S/C13H15ClFN3/c1-2-18-6-5-17-13(18)8-12(16)10-4-3-9(15)7-11(10)14/h3-7,12H,2,8,16H2,1H3. The van der Waals surface area contributed by atoms with E-state index in [2.05, 4.69) is 4.98 Å². The molecule has 0 aliphatic carbocycles. The first kappa shape index (κ1) is 13.1. The number of imidazole rings is 1. The molecule has 96 valence electrons. The van der Waals surface area contributed by atoms with Crippen LogP contribution in [0.3, 0.4) is 0 Å². The number of aromatic nitrogens is 2. The van der Waals surface area contributed by atoms with Gasteiger partial charge >= 0.3 is 0 Å². The van der Waals surface area contributed by atoms with Gasteiger partial charge in [-0.1, -0.05) is 17.7 Å². The molecule has 1 aromatic carbocycles. The highest BCUT2D eigenvalue weighted by molar-refractivity contribution is 6.31. The second kappa shape index (κ2) is 5.50. The number of rotatable bonds is 4. The molecule has 2 N–H and O–H groups in total. The molecule has 1 unspecified atom stereocenters. The molecule has 0 bridgehead atoms. The first-order valence-electron chi connectivity index (χ1n) is 5.82. The van der Waals surface area contributed by atoms with Crippen molar-refractivity contribution < 1.29 is 4.39 Å². The first-order chi connectivity index (χ1) is 8.61. The Bertz CT molecular complexity index is 539. The highest BCUT2D eigenvalue weighted by Gasteiger charge is 2.14. The number of nitrogens with two attached hydrogens (primary N) is 1.